The first-order valence-electron chi connectivity index (χ1n) is 5.96. The lowest BCUT2D eigenvalue weighted by Crippen LogP contribution is -3.00. The number of furan rings is 1. The van der Waals surface area contributed by atoms with Crippen LogP contribution in [0.4, 0.5) is 5.82 Å². The van der Waals surface area contributed by atoms with E-state index in [-0.39, 0.29) is 19.0 Å². The van der Waals surface area contributed by atoms with E-state index in [0.29, 0.717) is 0 Å². The Balaban J connectivity index is 0.00000133. The number of aromatic nitrogens is 2. The fraction of sp³-hybridized carbons (Fsp3) is 0.231. The Bertz CT molecular complexity index is 684. The Labute approximate surface area is 116 Å². The van der Waals surface area contributed by atoms with E-state index in [1.165, 1.54) is 0 Å². The summed E-state index contributed by atoms with van der Waals surface area (Å²) < 4.78 is 5.80. The van der Waals surface area contributed by atoms with E-state index in [1.54, 1.807) is 6.33 Å². The summed E-state index contributed by atoms with van der Waals surface area (Å²) in [4.78, 5) is 8.52. The first kappa shape index (κ1) is 13.7. The number of aliphatic hydroxyl groups excluding tert-OH is 1. The molecule has 0 fully saturated rings. The van der Waals surface area contributed by atoms with E-state index >= 15 is 0 Å². The lowest BCUT2D eigenvalue weighted by atomic mass is 10.2. The van der Waals surface area contributed by atoms with Gasteiger partial charge in [0.15, 0.2) is 0 Å². The van der Waals surface area contributed by atoms with Crippen LogP contribution in [0.2, 0.25) is 0 Å². The fourth-order valence-electron chi connectivity index (χ4n) is 2.02. The third-order valence-corrected chi connectivity index (χ3v) is 2.89. The van der Waals surface area contributed by atoms with Crippen LogP contribution in [-0.2, 0) is 0 Å². The molecule has 0 aliphatic carbocycles. The minimum absolute atomic E-state index is 0. The topological polar surface area (TPSA) is 75.8 Å². The Morgan fingerprint density at radius 1 is 1.21 bits per heavy atom. The number of rotatable bonds is 4. The molecule has 3 N–H and O–H groups in total. The molecule has 19 heavy (non-hydrogen) atoms. The van der Waals surface area contributed by atoms with Crippen molar-refractivity contribution in [3.05, 3.63) is 30.6 Å². The molecule has 1 aromatic carbocycles. The van der Waals surface area contributed by atoms with Crippen molar-refractivity contribution in [3.8, 4) is 0 Å². The number of nitrogens with zero attached hydrogens (tertiary/aromatic N) is 2. The SMILES string of the molecule is OCCC[NH2+]c1ncnc2c1oc1ccccc12.[Cl-]. The lowest BCUT2D eigenvalue weighted by molar-refractivity contribution is -0.574. The van der Waals surface area contributed by atoms with Gasteiger partial charge in [0.05, 0.1) is 6.54 Å². The predicted molar refractivity (Wildman–Crippen MR) is 67.5 cm³/mol. The van der Waals surface area contributed by atoms with Gasteiger partial charge in [-0.15, -0.1) is 0 Å². The Kier molecular flexibility index (Phi) is 4.31. The van der Waals surface area contributed by atoms with Crippen LogP contribution in [0, 0.1) is 0 Å². The zero-order chi connectivity index (χ0) is 12.4. The molecule has 0 saturated carbocycles. The van der Waals surface area contributed by atoms with Crippen molar-refractivity contribution in [1.82, 2.24) is 9.97 Å². The van der Waals surface area contributed by atoms with E-state index in [1.807, 2.05) is 29.6 Å². The first-order chi connectivity index (χ1) is 8.90. The highest BCUT2D eigenvalue weighted by Crippen LogP contribution is 2.28. The monoisotopic (exact) mass is 279 g/mol. The quantitative estimate of drug-likeness (QED) is 0.540. The molecule has 0 aliphatic heterocycles. The van der Waals surface area contributed by atoms with E-state index in [9.17, 15) is 0 Å². The zero-order valence-electron chi connectivity index (χ0n) is 10.2. The van der Waals surface area contributed by atoms with Crippen molar-refractivity contribution >= 4 is 27.9 Å². The number of hydrogen-bond donors (Lipinski definition) is 2. The highest BCUT2D eigenvalue weighted by Gasteiger charge is 2.14. The molecular weight excluding hydrogens is 266 g/mol. The first-order valence-corrected chi connectivity index (χ1v) is 5.96. The highest BCUT2D eigenvalue weighted by atomic mass is 35.5. The average molecular weight is 280 g/mol. The largest absolute Gasteiger partial charge is 1.00 e. The van der Waals surface area contributed by atoms with Gasteiger partial charge >= 0.3 is 0 Å². The minimum Gasteiger partial charge on any atom is -1.00 e. The summed E-state index contributed by atoms with van der Waals surface area (Å²) in [7, 11) is 0. The predicted octanol–water partition coefficient (Wildman–Crippen LogP) is -2.04. The Hall–Kier alpha value is -1.69. The number of nitrogens with two attached hydrogens (primary N) is 1. The van der Waals surface area contributed by atoms with Crippen molar-refractivity contribution < 1.29 is 27.2 Å². The maximum absolute atomic E-state index is 8.80. The second kappa shape index (κ2) is 5.97. The van der Waals surface area contributed by atoms with E-state index < -0.39 is 0 Å². The second-order valence-electron chi connectivity index (χ2n) is 4.10. The van der Waals surface area contributed by atoms with Crippen LogP contribution in [0.25, 0.3) is 22.1 Å². The molecule has 0 radical (unpaired) electrons. The Morgan fingerprint density at radius 2 is 2.05 bits per heavy atom. The molecule has 0 spiro atoms. The summed E-state index contributed by atoms with van der Waals surface area (Å²) in [5.41, 5.74) is 2.39. The van der Waals surface area contributed by atoms with Gasteiger partial charge in [0, 0.05) is 18.4 Å². The number of halogens is 1. The van der Waals surface area contributed by atoms with Crippen LogP contribution in [0.1, 0.15) is 6.42 Å². The molecule has 0 saturated heterocycles. The van der Waals surface area contributed by atoms with Gasteiger partial charge in [0.1, 0.15) is 17.4 Å². The molecule has 3 rings (SSSR count). The molecule has 6 heteroatoms. The van der Waals surface area contributed by atoms with Crippen molar-refractivity contribution in [1.29, 1.82) is 0 Å². The molecule has 100 valence electrons. The summed E-state index contributed by atoms with van der Waals surface area (Å²) in [6.07, 6.45) is 2.28. The van der Waals surface area contributed by atoms with Crippen molar-refractivity contribution in [2.45, 2.75) is 6.42 Å². The maximum atomic E-state index is 8.80. The van der Waals surface area contributed by atoms with Crippen LogP contribution in [-0.4, -0.2) is 28.2 Å². The molecule has 2 heterocycles. The molecule has 5 nitrogen and oxygen atoms in total. The van der Waals surface area contributed by atoms with Gasteiger partial charge in [-0.3, -0.25) is 5.32 Å². The third-order valence-electron chi connectivity index (χ3n) is 2.89. The van der Waals surface area contributed by atoms with Gasteiger partial charge in [-0.1, -0.05) is 12.1 Å². The van der Waals surface area contributed by atoms with Crippen molar-refractivity contribution in [3.63, 3.8) is 0 Å². The summed E-state index contributed by atoms with van der Waals surface area (Å²) in [6.45, 7) is 0.963. The third kappa shape index (κ3) is 2.53. The second-order valence-corrected chi connectivity index (χ2v) is 4.10. The molecule has 0 unspecified atom stereocenters. The molecular formula is C13H14ClN3O2. The molecule has 0 atom stereocenters. The molecule has 0 bridgehead atoms. The fourth-order valence-corrected chi connectivity index (χ4v) is 2.02. The average Bonchev–Trinajstić information content (AvgIpc) is 2.79. The van der Waals surface area contributed by atoms with Crippen molar-refractivity contribution in [2.75, 3.05) is 13.2 Å². The molecule has 0 amide bonds. The number of aliphatic hydroxyl groups is 1. The minimum atomic E-state index is 0. The molecule has 0 aliphatic rings. The highest BCUT2D eigenvalue weighted by molar-refractivity contribution is 6.04. The zero-order valence-corrected chi connectivity index (χ0v) is 11.0. The normalized spacial score (nSPS) is 10.8. The van der Waals surface area contributed by atoms with Crippen LogP contribution in [0.15, 0.2) is 35.0 Å². The van der Waals surface area contributed by atoms with Crippen LogP contribution >= 0.6 is 0 Å². The standard InChI is InChI=1S/C13H13N3O2.ClH/c17-7-3-6-14-13-12-11(15-8-16-13)9-4-1-2-5-10(9)18-12;/h1-2,4-5,8,17H,3,6-7H2,(H,14,15,16);1H. The smallest absolute Gasteiger partial charge is 0.271 e. The van der Waals surface area contributed by atoms with Crippen LogP contribution in [0.5, 0.6) is 0 Å². The van der Waals surface area contributed by atoms with Gasteiger partial charge in [0.25, 0.3) is 5.82 Å². The van der Waals surface area contributed by atoms with Gasteiger partial charge < -0.3 is 21.9 Å². The van der Waals surface area contributed by atoms with E-state index in [0.717, 1.165) is 40.9 Å². The summed E-state index contributed by atoms with van der Waals surface area (Å²) in [6, 6.07) is 7.82. The number of hydrogen-bond acceptors (Lipinski definition) is 4. The number of para-hydroxylation sites is 1. The van der Waals surface area contributed by atoms with Gasteiger partial charge in [-0.05, 0) is 12.1 Å². The van der Waals surface area contributed by atoms with E-state index in [4.69, 9.17) is 9.52 Å². The van der Waals surface area contributed by atoms with Crippen LogP contribution < -0.4 is 17.7 Å². The lowest BCUT2D eigenvalue weighted by Gasteiger charge is -1.98. The number of quaternary nitrogens is 1. The Morgan fingerprint density at radius 3 is 2.89 bits per heavy atom. The summed E-state index contributed by atoms with van der Waals surface area (Å²) in [5.74, 6) is 0.796. The van der Waals surface area contributed by atoms with Gasteiger partial charge in [-0.2, -0.15) is 4.98 Å². The maximum Gasteiger partial charge on any atom is 0.271 e. The number of benzene rings is 1. The summed E-state index contributed by atoms with van der Waals surface area (Å²) >= 11 is 0. The van der Waals surface area contributed by atoms with E-state index in [2.05, 4.69) is 9.97 Å². The molecule has 3 aromatic rings. The molecule has 2 aromatic heterocycles. The summed E-state index contributed by atoms with van der Waals surface area (Å²) in [5, 5.41) is 11.8. The van der Waals surface area contributed by atoms with Gasteiger partial charge in [-0.25, -0.2) is 4.98 Å². The van der Waals surface area contributed by atoms with Gasteiger partial charge in [0.2, 0.25) is 5.58 Å². The van der Waals surface area contributed by atoms with Crippen LogP contribution in [0.3, 0.4) is 0 Å². The van der Waals surface area contributed by atoms with Crippen molar-refractivity contribution in [2.24, 2.45) is 0 Å². The number of fused-ring (bicyclic) bond motifs is 3.